The molecule has 0 aromatic heterocycles. The van der Waals surface area contributed by atoms with Crippen LogP contribution in [-0.4, -0.2) is 18.4 Å². The number of carbonyl (C=O) groups is 1. The van der Waals surface area contributed by atoms with Crippen LogP contribution in [0.5, 0.6) is 5.75 Å². The van der Waals surface area contributed by atoms with Crippen LogP contribution < -0.4 is 10.5 Å². The molecule has 0 radical (unpaired) electrons. The van der Waals surface area contributed by atoms with Crippen LogP contribution in [0, 0.1) is 13.8 Å². The van der Waals surface area contributed by atoms with E-state index >= 15 is 0 Å². The SMILES string of the molecule is Cc1ccc(C)c(OC(C)CC(=O)CN)c1. The van der Waals surface area contributed by atoms with Gasteiger partial charge in [-0.15, -0.1) is 0 Å². The largest absolute Gasteiger partial charge is 0.490 e. The molecular weight excluding hydrogens is 202 g/mol. The fourth-order valence-electron chi connectivity index (χ4n) is 1.50. The Balaban J connectivity index is 2.65. The Morgan fingerprint density at radius 2 is 2.12 bits per heavy atom. The minimum atomic E-state index is -0.128. The first kappa shape index (κ1) is 12.7. The van der Waals surface area contributed by atoms with Crippen LogP contribution in [0.15, 0.2) is 18.2 Å². The molecule has 0 saturated carbocycles. The lowest BCUT2D eigenvalue weighted by atomic mass is 10.1. The third-order valence-corrected chi connectivity index (χ3v) is 2.41. The second-order valence-electron chi connectivity index (χ2n) is 4.14. The van der Waals surface area contributed by atoms with Gasteiger partial charge in [0.05, 0.1) is 6.54 Å². The van der Waals surface area contributed by atoms with E-state index in [1.54, 1.807) is 0 Å². The summed E-state index contributed by atoms with van der Waals surface area (Å²) in [5.74, 6) is 0.870. The summed E-state index contributed by atoms with van der Waals surface area (Å²) in [4.78, 5) is 11.2. The zero-order valence-electron chi connectivity index (χ0n) is 10.1. The Morgan fingerprint density at radius 1 is 1.44 bits per heavy atom. The van der Waals surface area contributed by atoms with Gasteiger partial charge in [0, 0.05) is 6.42 Å². The zero-order valence-corrected chi connectivity index (χ0v) is 10.1. The Kier molecular flexibility index (Phi) is 4.50. The first-order valence-corrected chi connectivity index (χ1v) is 5.48. The maximum Gasteiger partial charge on any atom is 0.150 e. The number of ketones is 1. The summed E-state index contributed by atoms with van der Waals surface area (Å²) in [6, 6.07) is 6.04. The van der Waals surface area contributed by atoms with Gasteiger partial charge in [0.2, 0.25) is 0 Å². The van der Waals surface area contributed by atoms with Crippen molar-refractivity contribution in [3.63, 3.8) is 0 Å². The Hall–Kier alpha value is -1.35. The Bertz CT molecular complexity index is 374. The number of carbonyl (C=O) groups excluding carboxylic acids is 1. The van der Waals surface area contributed by atoms with Crippen molar-refractivity contribution in [2.24, 2.45) is 5.73 Å². The topological polar surface area (TPSA) is 52.3 Å². The van der Waals surface area contributed by atoms with E-state index in [0.29, 0.717) is 6.42 Å². The molecule has 2 N–H and O–H groups in total. The summed E-state index contributed by atoms with van der Waals surface area (Å²) >= 11 is 0. The highest BCUT2D eigenvalue weighted by atomic mass is 16.5. The monoisotopic (exact) mass is 221 g/mol. The molecule has 0 amide bonds. The smallest absolute Gasteiger partial charge is 0.150 e. The van der Waals surface area contributed by atoms with Crippen molar-refractivity contribution in [2.75, 3.05) is 6.54 Å². The van der Waals surface area contributed by atoms with Crippen LogP contribution in [0.25, 0.3) is 0 Å². The zero-order chi connectivity index (χ0) is 12.1. The molecule has 0 bridgehead atoms. The molecule has 1 aromatic rings. The molecule has 0 spiro atoms. The number of benzene rings is 1. The third kappa shape index (κ3) is 3.66. The molecule has 1 aromatic carbocycles. The third-order valence-electron chi connectivity index (χ3n) is 2.41. The highest BCUT2D eigenvalue weighted by Crippen LogP contribution is 2.21. The van der Waals surface area contributed by atoms with Crippen LogP contribution in [0.3, 0.4) is 0 Å². The van der Waals surface area contributed by atoms with Gasteiger partial charge in [-0.1, -0.05) is 12.1 Å². The van der Waals surface area contributed by atoms with Gasteiger partial charge < -0.3 is 10.5 Å². The van der Waals surface area contributed by atoms with Crippen LogP contribution in [-0.2, 0) is 4.79 Å². The summed E-state index contributed by atoms with van der Waals surface area (Å²) in [5, 5.41) is 0. The van der Waals surface area contributed by atoms with Crippen molar-refractivity contribution < 1.29 is 9.53 Å². The van der Waals surface area contributed by atoms with E-state index in [2.05, 4.69) is 0 Å². The molecule has 0 fully saturated rings. The van der Waals surface area contributed by atoms with Crippen molar-refractivity contribution in [1.29, 1.82) is 0 Å². The first-order valence-electron chi connectivity index (χ1n) is 5.48. The van der Waals surface area contributed by atoms with Gasteiger partial charge in [-0.2, -0.15) is 0 Å². The van der Waals surface area contributed by atoms with Crippen molar-refractivity contribution >= 4 is 5.78 Å². The molecule has 1 atom stereocenters. The lowest BCUT2D eigenvalue weighted by molar-refractivity contribution is -0.119. The molecule has 1 unspecified atom stereocenters. The second-order valence-corrected chi connectivity index (χ2v) is 4.14. The molecule has 0 saturated heterocycles. The minimum absolute atomic E-state index is 0.0257. The van der Waals surface area contributed by atoms with Crippen LogP contribution in [0.2, 0.25) is 0 Å². The van der Waals surface area contributed by atoms with Crippen molar-refractivity contribution in [1.82, 2.24) is 0 Å². The van der Waals surface area contributed by atoms with E-state index in [4.69, 9.17) is 10.5 Å². The summed E-state index contributed by atoms with van der Waals surface area (Å²) < 4.78 is 5.72. The molecule has 0 aliphatic carbocycles. The summed E-state index contributed by atoms with van der Waals surface area (Å²) in [6.07, 6.45) is 0.237. The number of ether oxygens (including phenoxy) is 1. The Morgan fingerprint density at radius 3 is 2.75 bits per heavy atom. The summed E-state index contributed by atoms with van der Waals surface area (Å²) in [5.41, 5.74) is 7.49. The van der Waals surface area contributed by atoms with Gasteiger partial charge in [-0.05, 0) is 38.0 Å². The lowest BCUT2D eigenvalue weighted by Crippen LogP contribution is -2.22. The summed E-state index contributed by atoms with van der Waals surface area (Å²) in [7, 11) is 0. The van der Waals surface area contributed by atoms with Crippen molar-refractivity contribution in [3.8, 4) is 5.75 Å². The highest BCUT2D eigenvalue weighted by Gasteiger charge is 2.10. The average Bonchev–Trinajstić information content (AvgIpc) is 2.23. The number of hydrogen-bond donors (Lipinski definition) is 1. The van der Waals surface area contributed by atoms with E-state index in [1.807, 2.05) is 39.0 Å². The quantitative estimate of drug-likeness (QED) is 0.827. The van der Waals surface area contributed by atoms with Gasteiger partial charge in [0.25, 0.3) is 0 Å². The van der Waals surface area contributed by atoms with Crippen LogP contribution >= 0.6 is 0 Å². The predicted molar refractivity (Wildman–Crippen MR) is 64.7 cm³/mol. The summed E-state index contributed by atoms with van der Waals surface area (Å²) in [6.45, 7) is 5.98. The standard InChI is InChI=1S/C13H19NO2/c1-9-4-5-10(2)13(6-9)16-11(3)7-12(15)8-14/h4-6,11H,7-8,14H2,1-3H3. The van der Waals surface area contributed by atoms with E-state index in [0.717, 1.165) is 16.9 Å². The number of nitrogens with two attached hydrogens (primary N) is 1. The molecular formula is C13H19NO2. The van der Waals surface area contributed by atoms with E-state index in [-0.39, 0.29) is 18.4 Å². The van der Waals surface area contributed by atoms with E-state index in [9.17, 15) is 4.79 Å². The first-order chi connectivity index (χ1) is 7.52. The number of Topliss-reactive ketones (excluding diaryl/α,β-unsaturated/α-hetero) is 1. The van der Waals surface area contributed by atoms with E-state index < -0.39 is 0 Å². The van der Waals surface area contributed by atoms with Gasteiger partial charge in [-0.3, -0.25) is 4.79 Å². The fraction of sp³-hybridized carbons (Fsp3) is 0.462. The van der Waals surface area contributed by atoms with Gasteiger partial charge in [0.15, 0.2) is 0 Å². The van der Waals surface area contributed by atoms with E-state index in [1.165, 1.54) is 0 Å². The highest BCUT2D eigenvalue weighted by molar-refractivity contribution is 5.80. The lowest BCUT2D eigenvalue weighted by Gasteiger charge is -2.16. The molecule has 0 aliphatic rings. The maximum atomic E-state index is 11.2. The molecule has 0 aliphatic heterocycles. The minimum Gasteiger partial charge on any atom is -0.490 e. The van der Waals surface area contributed by atoms with Gasteiger partial charge in [-0.25, -0.2) is 0 Å². The van der Waals surface area contributed by atoms with Crippen molar-refractivity contribution in [3.05, 3.63) is 29.3 Å². The fourth-order valence-corrected chi connectivity index (χ4v) is 1.50. The molecule has 16 heavy (non-hydrogen) atoms. The molecule has 1 rings (SSSR count). The Labute approximate surface area is 96.6 Å². The molecule has 88 valence electrons. The maximum absolute atomic E-state index is 11.2. The molecule has 3 nitrogen and oxygen atoms in total. The number of hydrogen-bond acceptors (Lipinski definition) is 3. The van der Waals surface area contributed by atoms with Crippen LogP contribution in [0.1, 0.15) is 24.5 Å². The predicted octanol–water partition coefficient (Wildman–Crippen LogP) is 1.99. The molecule has 0 heterocycles. The van der Waals surface area contributed by atoms with Gasteiger partial charge >= 0.3 is 0 Å². The number of rotatable bonds is 5. The van der Waals surface area contributed by atoms with Crippen LogP contribution in [0.4, 0.5) is 0 Å². The molecule has 3 heteroatoms. The van der Waals surface area contributed by atoms with Gasteiger partial charge in [0.1, 0.15) is 17.6 Å². The number of aryl methyl sites for hydroxylation is 2. The average molecular weight is 221 g/mol. The normalized spacial score (nSPS) is 12.2. The second kappa shape index (κ2) is 5.66. The van der Waals surface area contributed by atoms with Crippen molar-refractivity contribution in [2.45, 2.75) is 33.3 Å².